The number of methoxy groups -OCH3 is 1. The molecule has 4 nitrogen and oxygen atoms in total. The fraction of sp³-hybridized carbons (Fsp3) is 0.158. The topological polar surface area (TPSA) is 39.4 Å². The number of hydrogen-bond donors (Lipinski definition) is 0. The summed E-state index contributed by atoms with van der Waals surface area (Å²) in [5, 5.41) is 4.31. The van der Waals surface area contributed by atoms with Crippen molar-refractivity contribution < 1.29 is 17.9 Å². The molecule has 0 aliphatic carbocycles. The van der Waals surface area contributed by atoms with Gasteiger partial charge in [0.1, 0.15) is 5.75 Å². The van der Waals surface area contributed by atoms with Crippen molar-refractivity contribution in [2.75, 3.05) is 7.11 Å². The second-order valence-corrected chi connectivity index (χ2v) is 5.62. The number of nitrogens with zero attached hydrogens (tertiary/aromatic N) is 3. The molecule has 1 heterocycles. The van der Waals surface area contributed by atoms with Gasteiger partial charge >= 0.3 is 6.18 Å². The number of alkyl halides is 3. The highest BCUT2D eigenvalue weighted by Gasteiger charge is 2.30. The van der Waals surface area contributed by atoms with Gasteiger partial charge in [0.15, 0.2) is 5.82 Å². The Hall–Kier alpha value is -3.09. The lowest BCUT2D eigenvalue weighted by Crippen LogP contribution is -2.04. The Bertz CT molecular complexity index is 911. The Labute approximate surface area is 148 Å². The van der Waals surface area contributed by atoms with Crippen LogP contribution < -0.4 is 4.74 Å². The Kier molecular flexibility index (Phi) is 4.79. The summed E-state index contributed by atoms with van der Waals surface area (Å²) in [6.45, 7) is 0. The number of aliphatic imine (C=N–C) groups is 1. The van der Waals surface area contributed by atoms with E-state index in [-0.39, 0.29) is 0 Å². The van der Waals surface area contributed by atoms with Crippen LogP contribution in [0.1, 0.15) is 11.1 Å². The molecule has 134 valence electrons. The molecule has 0 radical (unpaired) electrons. The SMILES string of the molecule is COc1ccc(/C=N/c2cc(-c3ccc(C(F)(F)F)cc3)nn2C)cc1. The summed E-state index contributed by atoms with van der Waals surface area (Å²) in [6.07, 6.45) is -2.66. The first-order valence-corrected chi connectivity index (χ1v) is 7.76. The van der Waals surface area contributed by atoms with Gasteiger partial charge in [-0.05, 0) is 42.0 Å². The molecule has 3 aromatic rings. The van der Waals surface area contributed by atoms with Crippen molar-refractivity contribution in [2.24, 2.45) is 12.0 Å². The predicted molar refractivity (Wildman–Crippen MR) is 93.9 cm³/mol. The van der Waals surface area contributed by atoms with Gasteiger partial charge in [-0.25, -0.2) is 4.99 Å². The molecule has 0 aliphatic heterocycles. The van der Waals surface area contributed by atoms with Crippen molar-refractivity contribution in [3.05, 3.63) is 65.7 Å². The van der Waals surface area contributed by atoms with E-state index in [1.165, 1.54) is 12.1 Å². The third kappa shape index (κ3) is 3.93. The van der Waals surface area contributed by atoms with Crippen molar-refractivity contribution >= 4 is 12.0 Å². The van der Waals surface area contributed by atoms with Crippen LogP contribution in [0.25, 0.3) is 11.3 Å². The van der Waals surface area contributed by atoms with Crippen molar-refractivity contribution in [1.29, 1.82) is 0 Å². The molecule has 0 saturated heterocycles. The van der Waals surface area contributed by atoms with E-state index >= 15 is 0 Å². The van der Waals surface area contributed by atoms with Crippen LogP contribution in [0.2, 0.25) is 0 Å². The smallest absolute Gasteiger partial charge is 0.416 e. The normalized spacial score (nSPS) is 11.9. The van der Waals surface area contributed by atoms with E-state index in [2.05, 4.69) is 10.1 Å². The quantitative estimate of drug-likeness (QED) is 0.624. The standard InChI is InChI=1S/C19H16F3N3O/c1-25-18(23-12-13-3-9-16(26-2)10-4-13)11-17(24-25)14-5-7-15(8-6-14)19(20,21)22/h3-12H,1-2H3/b23-12+. The lowest BCUT2D eigenvalue weighted by atomic mass is 10.1. The first-order valence-electron chi connectivity index (χ1n) is 7.76. The molecule has 0 amide bonds. The van der Waals surface area contributed by atoms with E-state index in [1.807, 2.05) is 24.3 Å². The third-order valence-electron chi connectivity index (χ3n) is 3.82. The van der Waals surface area contributed by atoms with Crippen LogP contribution in [0.4, 0.5) is 19.0 Å². The molecule has 0 N–H and O–H groups in total. The molecular formula is C19H16F3N3O. The summed E-state index contributed by atoms with van der Waals surface area (Å²) in [6, 6.07) is 14.0. The lowest BCUT2D eigenvalue weighted by molar-refractivity contribution is -0.137. The van der Waals surface area contributed by atoms with Crippen LogP contribution in [-0.2, 0) is 13.2 Å². The van der Waals surface area contributed by atoms with Gasteiger partial charge in [-0.1, -0.05) is 12.1 Å². The minimum Gasteiger partial charge on any atom is -0.497 e. The Morgan fingerprint density at radius 3 is 2.27 bits per heavy atom. The Balaban J connectivity index is 1.81. The zero-order valence-corrected chi connectivity index (χ0v) is 14.2. The van der Waals surface area contributed by atoms with Crippen LogP contribution in [-0.4, -0.2) is 23.1 Å². The van der Waals surface area contributed by atoms with Gasteiger partial charge in [-0.2, -0.15) is 18.3 Å². The first-order chi connectivity index (χ1) is 12.4. The molecule has 0 spiro atoms. The summed E-state index contributed by atoms with van der Waals surface area (Å²) in [5.74, 6) is 1.35. The second kappa shape index (κ2) is 7.03. The molecule has 0 unspecified atom stereocenters. The molecule has 0 atom stereocenters. The third-order valence-corrected chi connectivity index (χ3v) is 3.82. The number of ether oxygens (including phenoxy) is 1. The number of benzene rings is 2. The summed E-state index contributed by atoms with van der Waals surface area (Å²) in [5.41, 5.74) is 1.36. The van der Waals surface area contributed by atoms with Gasteiger partial charge in [-0.3, -0.25) is 4.68 Å². The van der Waals surface area contributed by atoms with Gasteiger partial charge in [-0.15, -0.1) is 0 Å². The number of rotatable bonds is 4. The summed E-state index contributed by atoms with van der Waals surface area (Å²) in [4.78, 5) is 4.39. The lowest BCUT2D eigenvalue weighted by Gasteiger charge is -2.06. The summed E-state index contributed by atoms with van der Waals surface area (Å²) >= 11 is 0. The van der Waals surface area contributed by atoms with E-state index < -0.39 is 11.7 Å². The zero-order valence-electron chi connectivity index (χ0n) is 14.2. The highest BCUT2D eigenvalue weighted by molar-refractivity contribution is 5.82. The number of aryl methyl sites for hydroxylation is 1. The van der Waals surface area contributed by atoms with Crippen molar-refractivity contribution in [3.63, 3.8) is 0 Å². The first kappa shape index (κ1) is 17.7. The maximum atomic E-state index is 12.7. The van der Waals surface area contributed by atoms with Gasteiger partial charge in [0, 0.05) is 24.9 Å². The minimum absolute atomic E-state index is 0.558. The van der Waals surface area contributed by atoms with E-state index in [4.69, 9.17) is 4.74 Å². The maximum Gasteiger partial charge on any atom is 0.416 e. The number of hydrogen-bond acceptors (Lipinski definition) is 3. The minimum atomic E-state index is -4.35. The highest BCUT2D eigenvalue weighted by atomic mass is 19.4. The average Bonchev–Trinajstić information content (AvgIpc) is 3.00. The largest absolute Gasteiger partial charge is 0.497 e. The van der Waals surface area contributed by atoms with E-state index in [1.54, 1.807) is 31.1 Å². The molecule has 0 aliphatic rings. The molecular weight excluding hydrogens is 343 g/mol. The molecule has 2 aromatic carbocycles. The van der Waals surface area contributed by atoms with Crippen molar-refractivity contribution in [2.45, 2.75) is 6.18 Å². The summed E-state index contributed by atoms with van der Waals surface area (Å²) < 4.78 is 44.6. The van der Waals surface area contributed by atoms with Gasteiger partial charge in [0.25, 0.3) is 0 Å². The summed E-state index contributed by atoms with van der Waals surface area (Å²) in [7, 11) is 3.33. The predicted octanol–water partition coefficient (Wildman–Crippen LogP) is 4.87. The van der Waals surface area contributed by atoms with Crippen LogP contribution in [0.3, 0.4) is 0 Å². The van der Waals surface area contributed by atoms with Crippen molar-refractivity contribution in [3.8, 4) is 17.0 Å². The molecule has 0 fully saturated rings. The molecule has 26 heavy (non-hydrogen) atoms. The number of halogens is 3. The highest BCUT2D eigenvalue weighted by Crippen LogP contribution is 2.31. The van der Waals surface area contributed by atoms with Crippen LogP contribution in [0.15, 0.2) is 59.6 Å². The second-order valence-electron chi connectivity index (χ2n) is 5.62. The van der Waals surface area contributed by atoms with Crippen LogP contribution >= 0.6 is 0 Å². The monoisotopic (exact) mass is 359 g/mol. The average molecular weight is 359 g/mol. The van der Waals surface area contributed by atoms with E-state index in [0.717, 1.165) is 23.4 Å². The number of aromatic nitrogens is 2. The molecule has 0 bridgehead atoms. The van der Waals surface area contributed by atoms with Crippen molar-refractivity contribution in [1.82, 2.24) is 9.78 Å². The van der Waals surface area contributed by atoms with Gasteiger partial charge in [0.2, 0.25) is 0 Å². The van der Waals surface area contributed by atoms with Crippen LogP contribution in [0, 0.1) is 0 Å². The Morgan fingerprint density at radius 1 is 1.04 bits per heavy atom. The van der Waals surface area contributed by atoms with Crippen LogP contribution in [0.5, 0.6) is 5.75 Å². The molecule has 0 saturated carbocycles. The maximum absolute atomic E-state index is 12.7. The fourth-order valence-electron chi connectivity index (χ4n) is 2.38. The van der Waals surface area contributed by atoms with E-state index in [0.29, 0.717) is 17.1 Å². The molecule has 7 heteroatoms. The Morgan fingerprint density at radius 2 is 1.69 bits per heavy atom. The van der Waals surface area contributed by atoms with Gasteiger partial charge < -0.3 is 4.74 Å². The molecule has 3 rings (SSSR count). The fourth-order valence-corrected chi connectivity index (χ4v) is 2.38. The van der Waals surface area contributed by atoms with Gasteiger partial charge in [0.05, 0.1) is 18.4 Å². The zero-order chi connectivity index (χ0) is 18.7. The molecule has 1 aromatic heterocycles. The van der Waals surface area contributed by atoms with E-state index in [9.17, 15) is 13.2 Å².